The highest BCUT2D eigenvalue weighted by molar-refractivity contribution is 5.95. The zero-order valence-electron chi connectivity index (χ0n) is 21.9. The summed E-state index contributed by atoms with van der Waals surface area (Å²) in [6.45, 7) is 5.72. The van der Waals surface area contributed by atoms with Gasteiger partial charge in [-0.05, 0) is 75.4 Å². The molecule has 1 fully saturated rings. The largest absolute Gasteiger partial charge is 0.497 e. The highest BCUT2D eigenvalue weighted by Gasteiger charge is 2.32. The molecule has 0 aromatic heterocycles. The fourth-order valence-electron chi connectivity index (χ4n) is 5.32. The fraction of sp³-hybridized carbons (Fsp3) is 0.387. The molecule has 0 bridgehead atoms. The summed E-state index contributed by atoms with van der Waals surface area (Å²) in [4.78, 5) is 15.7. The predicted octanol–water partition coefficient (Wildman–Crippen LogP) is 5.37. The van der Waals surface area contributed by atoms with Crippen LogP contribution in [0.2, 0.25) is 0 Å². The number of amides is 1. The molecular weight excluding hydrogens is 448 g/mol. The maximum Gasteiger partial charge on any atom is 0.254 e. The van der Waals surface area contributed by atoms with Gasteiger partial charge in [-0.1, -0.05) is 53.6 Å². The van der Waals surface area contributed by atoms with Crippen molar-refractivity contribution in [2.75, 3.05) is 27.3 Å². The maximum absolute atomic E-state index is 13.6. The number of carbonyl (C=O) groups is 1. The lowest BCUT2D eigenvalue weighted by atomic mass is 9.91. The second kappa shape index (κ2) is 12.1. The maximum atomic E-state index is 13.6. The van der Waals surface area contributed by atoms with Crippen molar-refractivity contribution in [2.24, 2.45) is 0 Å². The Bertz CT molecular complexity index is 1140. The topological polar surface area (TPSA) is 50.8 Å². The Hall–Kier alpha value is -3.31. The minimum atomic E-state index is 0.143. The molecule has 1 aliphatic heterocycles. The van der Waals surface area contributed by atoms with Crippen molar-refractivity contribution < 1.29 is 14.3 Å². The molecule has 1 aliphatic rings. The number of hydrogen-bond acceptors (Lipinski definition) is 4. The number of likely N-dealkylation sites (tertiary alicyclic amines) is 1. The molecule has 0 aliphatic carbocycles. The van der Waals surface area contributed by atoms with Crippen LogP contribution in [0, 0.1) is 13.8 Å². The number of ether oxygens (including phenoxy) is 2. The van der Waals surface area contributed by atoms with E-state index in [-0.39, 0.29) is 11.9 Å². The lowest BCUT2D eigenvalue weighted by molar-refractivity contribution is 0.0577. The quantitative estimate of drug-likeness (QED) is 0.442. The number of piperidine rings is 1. The van der Waals surface area contributed by atoms with Crippen molar-refractivity contribution in [1.82, 2.24) is 10.2 Å². The van der Waals surface area contributed by atoms with E-state index in [0.717, 1.165) is 72.5 Å². The molecule has 5 nitrogen and oxygen atoms in total. The third-order valence-corrected chi connectivity index (χ3v) is 7.08. The van der Waals surface area contributed by atoms with E-state index in [4.69, 9.17) is 9.47 Å². The van der Waals surface area contributed by atoms with Crippen LogP contribution in [0.5, 0.6) is 11.5 Å². The number of rotatable bonds is 9. The van der Waals surface area contributed by atoms with Gasteiger partial charge < -0.3 is 19.7 Å². The predicted molar refractivity (Wildman–Crippen MR) is 145 cm³/mol. The lowest BCUT2D eigenvalue weighted by Gasteiger charge is -2.40. The van der Waals surface area contributed by atoms with Gasteiger partial charge in [0.25, 0.3) is 5.91 Å². The van der Waals surface area contributed by atoms with Crippen molar-refractivity contribution in [2.45, 2.75) is 51.6 Å². The molecule has 0 spiro atoms. The summed E-state index contributed by atoms with van der Waals surface area (Å²) in [5.74, 6) is 1.80. The number of nitrogens with zero attached hydrogens (tertiary/aromatic N) is 1. The van der Waals surface area contributed by atoms with Gasteiger partial charge >= 0.3 is 0 Å². The normalized spacial score (nSPS) is 17.6. The van der Waals surface area contributed by atoms with Gasteiger partial charge in [0.1, 0.15) is 11.5 Å². The summed E-state index contributed by atoms with van der Waals surface area (Å²) in [5, 5.41) is 3.76. The lowest BCUT2D eigenvalue weighted by Crippen LogP contribution is -2.52. The van der Waals surface area contributed by atoms with Gasteiger partial charge in [0.05, 0.1) is 14.2 Å². The summed E-state index contributed by atoms with van der Waals surface area (Å²) in [5.41, 5.74) is 5.48. The van der Waals surface area contributed by atoms with Crippen LogP contribution in [0.4, 0.5) is 0 Å². The van der Waals surface area contributed by atoms with Crippen LogP contribution in [0.3, 0.4) is 0 Å². The highest BCUT2D eigenvalue weighted by Crippen LogP contribution is 2.26. The van der Waals surface area contributed by atoms with Crippen molar-refractivity contribution in [3.05, 3.63) is 94.5 Å². The summed E-state index contributed by atoms with van der Waals surface area (Å²) in [7, 11) is 3.36. The minimum absolute atomic E-state index is 0.143. The number of carbonyl (C=O) groups excluding carboxylic acids is 1. The summed E-state index contributed by atoms with van der Waals surface area (Å²) in [6.07, 6.45) is 3.62. The molecule has 1 N–H and O–H groups in total. The number of aryl methyl sites for hydroxylation is 2. The first-order valence-electron chi connectivity index (χ1n) is 12.8. The van der Waals surface area contributed by atoms with Crippen LogP contribution in [0.1, 0.15) is 45.5 Å². The van der Waals surface area contributed by atoms with Gasteiger partial charge in [-0.2, -0.15) is 0 Å². The van der Waals surface area contributed by atoms with Crippen molar-refractivity contribution in [3.8, 4) is 11.5 Å². The molecule has 4 rings (SSSR count). The highest BCUT2D eigenvalue weighted by atomic mass is 16.5. The van der Waals surface area contributed by atoms with E-state index in [2.05, 4.69) is 60.5 Å². The van der Waals surface area contributed by atoms with Crippen molar-refractivity contribution in [3.63, 3.8) is 0 Å². The van der Waals surface area contributed by atoms with Crippen LogP contribution in [0.25, 0.3) is 0 Å². The standard InChI is InChI=1S/C31H38N2O3/c1-22-16-23(2)18-26(17-22)31(34)33-15-13-27(20-28(33)19-24-8-6-5-7-9-24)32-14-12-25-10-11-29(35-3)21-30(25)36-4/h5-11,16-18,21,27-28,32H,12-15,19-20H2,1-4H3/t27-,28-/m0/s1. The van der Waals surface area contributed by atoms with Crippen LogP contribution in [-0.4, -0.2) is 50.2 Å². The Labute approximate surface area is 215 Å². The first-order chi connectivity index (χ1) is 17.5. The number of nitrogens with one attached hydrogen (secondary N) is 1. The Balaban J connectivity index is 1.44. The van der Waals surface area contributed by atoms with E-state index in [9.17, 15) is 4.79 Å². The molecule has 3 aromatic rings. The Kier molecular flexibility index (Phi) is 8.65. The first-order valence-corrected chi connectivity index (χ1v) is 12.8. The van der Waals surface area contributed by atoms with E-state index in [1.54, 1.807) is 14.2 Å². The molecule has 0 saturated carbocycles. The van der Waals surface area contributed by atoms with E-state index in [1.165, 1.54) is 5.56 Å². The third-order valence-electron chi connectivity index (χ3n) is 7.08. The number of benzene rings is 3. The van der Waals surface area contributed by atoms with Gasteiger partial charge in [0.2, 0.25) is 0 Å². The monoisotopic (exact) mass is 486 g/mol. The Morgan fingerprint density at radius 3 is 2.42 bits per heavy atom. The van der Waals surface area contributed by atoms with Crippen LogP contribution in [0.15, 0.2) is 66.7 Å². The van der Waals surface area contributed by atoms with E-state index in [1.807, 2.05) is 30.3 Å². The zero-order valence-corrected chi connectivity index (χ0v) is 21.9. The molecule has 3 aromatic carbocycles. The molecular formula is C31H38N2O3. The number of hydrogen-bond donors (Lipinski definition) is 1. The zero-order chi connectivity index (χ0) is 25.5. The van der Waals surface area contributed by atoms with Crippen LogP contribution >= 0.6 is 0 Å². The first kappa shape index (κ1) is 25.8. The molecule has 1 amide bonds. The van der Waals surface area contributed by atoms with Gasteiger partial charge in [0.15, 0.2) is 0 Å². The van der Waals surface area contributed by atoms with Crippen LogP contribution < -0.4 is 14.8 Å². The average molecular weight is 487 g/mol. The summed E-state index contributed by atoms with van der Waals surface area (Å²) >= 11 is 0. The van der Waals surface area contributed by atoms with Gasteiger partial charge in [-0.3, -0.25) is 4.79 Å². The smallest absolute Gasteiger partial charge is 0.254 e. The summed E-state index contributed by atoms with van der Waals surface area (Å²) < 4.78 is 10.9. The molecule has 1 saturated heterocycles. The Morgan fingerprint density at radius 1 is 0.972 bits per heavy atom. The SMILES string of the molecule is COc1ccc(CCN[C@H]2CCN(C(=O)c3cc(C)cc(C)c3)[C@@H](Cc3ccccc3)C2)c(OC)c1. The Morgan fingerprint density at radius 2 is 1.72 bits per heavy atom. The van der Waals surface area contributed by atoms with E-state index < -0.39 is 0 Å². The number of methoxy groups -OCH3 is 2. The van der Waals surface area contributed by atoms with Gasteiger partial charge in [0, 0.05) is 30.3 Å². The molecule has 0 radical (unpaired) electrons. The van der Waals surface area contributed by atoms with E-state index in [0.29, 0.717) is 6.04 Å². The van der Waals surface area contributed by atoms with Gasteiger partial charge in [-0.25, -0.2) is 0 Å². The molecule has 0 unspecified atom stereocenters. The summed E-state index contributed by atoms with van der Waals surface area (Å²) in [6, 6.07) is 23.2. The molecule has 36 heavy (non-hydrogen) atoms. The van der Waals surface area contributed by atoms with Crippen LogP contribution in [-0.2, 0) is 12.8 Å². The minimum Gasteiger partial charge on any atom is -0.497 e. The van der Waals surface area contributed by atoms with Gasteiger partial charge in [-0.15, -0.1) is 0 Å². The third kappa shape index (κ3) is 6.46. The van der Waals surface area contributed by atoms with Crippen molar-refractivity contribution in [1.29, 1.82) is 0 Å². The fourth-order valence-corrected chi connectivity index (χ4v) is 5.32. The second-order valence-corrected chi connectivity index (χ2v) is 9.82. The molecule has 5 heteroatoms. The van der Waals surface area contributed by atoms with E-state index >= 15 is 0 Å². The molecule has 1 heterocycles. The molecule has 2 atom stereocenters. The second-order valence-electron chi connectivity index (χ2n) is 9.82. The van der Waals surface area contributed by atoms with Crippen molar-refractivity contribution >= 4 is 5.91 Å². The molecule has 190 valence electrons. The average Bonchev–Trinajstić information content (AvgIpc) is 2.88.